The highest BCUT2D eigenvalue weighted by Gasteiger charge is 2.30. The van der Waals surface area contributed by atoms with Crippen molar-refractivity contribution in [3.63, 3.8) is 0 Å². The quantitative estimate of drug-likeness (QED) is 0.453. The van der Waals surface area contributed by atoms with Gasteiger partial charge < -0.3 is 15.0 Å². The summed E-state index contributed by atoms with van der Waals surface area (Å²) in [6, 6.07) is 11.0. The van der Waals surface area contributed by atoms with Crippen molar-refractivity contribution in [1.82, 2.24) is 14.5 Å². The van der Waals surface area contributed by atoms with Crippen LogP contribution in [-0.2, 0) is 12.8 Å². The topological polar surface area (TPSA) is 66.0 Å². The molecule has 0 spiro atoms. The molecule has 152 valence electrons. The summed E-state index contributed by atoms with van der Waals surface area (Å²) in [5.74, 6) is -1.94. The summed E-state index contributed by atoms with van der Waals surface area (Å²) in [5, 5.41) is 0.591. The largest absolute Gasteiger partial charge is 0.494 e. The first-order valence-corrected chi connectivity index (χ1v) is 10.2. The van der Waals surface area contributed by atoms with Crippen LogP contribution < -0.4 is 10.5 Å². The van der Waals surface area contributed by atoms with Gasteiger partial charge in [0, 0.05) is 11.6 Å². The van der Waals surface area contributed by atoms with E-state index in [1.165, 1.54) is 30.6 Å². The molecule has 0 unspecified atom stereocenters. The SMILES string of the molecule is COc1cc(-c2c(Br)n(C3Cc4ccccc4C3)c3ncnc(N)c23)cc(F)c1F. The van der Waals surface area contributed by atoms with Gasteiger partial charge in [0.25, 0.3) is 0 Å². The zero-order chi connectivity index (χ0) is 21.0. The van der Waals surface area contributed by atoms with Gasteiger partial charge in [-0.15, -0.1) is 0 Å². The van der Waals surface area contributed by atoms with Crippen LogP contribution in [0.25, 0.3) is 22.2 Å². The number of nitrogen functional groups attached to an aromatic ring is 1. The molecule has 5 nitrogen and oxygen atoms in total. The van der Waals surface area contributed by atoms with Crippen molar-refractivity contribution in [3.05, 3.63) is 70.1 Å². The van der Waals surface area contributed by atoms with Crippen molar-refractivity contribution in [1.29, 1.82) is 0 Å². The molecule has 2 aromatic heterocycles. The first-order chi connectivity index (χ1) is 14.5. The van der Waals surface area contributed by atoms with Gasteiger partial charge in [0.15, 0.2) is 11.6 Å². The number of benzene rings is 2. The van der Waals surface area contributed by atoms with Crippen LogP contribution in [0.15, 0.2) is 47.3 Å². The van der Waals surface area contributed by atoms with Gasteiger partial charge in [-0.3, -0.25) is 0 Å². The fraction of sp³-hybridized carbons (Fsp3) is 0.182. The van der Waals surface area contributed by atoms with Crippen LogP contribution in [0.1, 0.15) is 17.2 Å². The lowest BCUT2D eigenvalue weighted by Gasteiger charge is -2.15. The van der Waals surface area contributed by atoms with Crippen LogP contribution in [0, 0.1) is 11.6 Å². The first kappa shape index (κ1) is 19.0. The lowest BCUT2D eigenvalue weighted by molar-refractivity contribution is 0.372. The number of halogens is 3. The molecule has 5 rings (SSSR count). The minimum atomic E-state index is -1.03. The van der Waals surface area contributed by atoms with Gasteiger partial charge in [0.2, 0.25) is 5.82 Å². The average Bonchev–Trinajstić information content (AvgIpc) is 3.28. The van der Waals surface area contributed by atoms with Gasteiger partial charge in [-0.05, 0) is 57.6 Å². The van der Waals surface area contributed by atoms with Crippen molar-refractivity contribution in [2.24, 2.45) is 0 Å². The molecule has 0 saturated heterocycles. The van der Waals surface area contributed by atoms with Crippen LogP contribution in [-0.4, -0.2) is 21.6 Å². The van der Waals surface area contributed by atoms with Crippen LogP contribution >= 0.6 is 15.9 Å². The maximum atomic E-state index is 14.3. The summed E-state index contributed by atoms with van der Waals surface area (Å²) in [4.78, 5) is 8.61. The lowest BCUT2D eigenvalue weighted by Crippen LogP contribution is -2.10. The van der Waals surface area contributed by atoms with E-state index < -0.39 is 11.6 Å². The number of rotatable bonds is 3. The minimum absolute atomic E-state index is 0.106. The third-order valence-corrected chi connectivity index (χ3v) is 6.43. The molecule has 2 N–H and O–H groups in total. The Morgan fingerprint density at radius 1 is 1.13 bits per heavy atom. The molecule has 30 heavy (non-hydrogen) atoms. The smallest absolute Gasteiger partial charge is 0.200 e. The van der Waals surface area contributed by atoms with E-state index in [1.54, 1.807) is 0 Å². The normalized spacial score (nSPS) is 13.7. The number of hydrogen-bond donors (Lipinski definition) is 1. The van der Waals surface area contributed by atoms with Gasteiger partial charge in [-0.2, -0.15) is 4.39 Å². The summed E-state index contributed by atoms with van der Waals surface area (Å²) in [6.07, 6.45) is 3.09. The molecular weight excluding hydrogens is 454 g/mol. The number of aromatic nitrogens is 3. The Kier molecular flexibility index (Phi) is 4.47. The Morgan fingerprint density at radius 3 is 2.50 bits per heavy atom. The monoisotopic (exact) mass is 470 g/mol. The number of nitrogens with zero attached hydrogens (tertiary/aromatic N) is 3. The van der Waals surface area contributed by atoms with Gasteiger partial charge >= 0.3 is 0 Å². The van der Waals surface area contributed by atoms with Gasteiger partial charge in [0.1, 0.15) is 17.8 Å². The summed E-state index contributed by atoms with van der Waals surface area (Å²) in [7, 11) is 1.30. The van der Waals surface area contributed by atoms with E-state index in [-0.39, 0.29) is 17.6 Å². The maximum absolute atomic E-state index is 14.3. The number of ether oxygens (including phenoxy) is 1. The predicted octanol–water partition coefficient (Wildman–Crippen LogP) is 5.07. The number of methoxy groups -OCH3 is 1. The third kappa shape index (κ3) is 2.78. The maximum Gasteiger partial charge on any atom is 0.200 e. The van der Waals surface area contributed by atoms with E-state index in [9.17, 15) is 8.78 Å². The van der Waals surface area contributed by atoms with E-state index in [0.717, 1.165) is 18.9 Å². The third-order valence-electron chi connectivity index (χ3n) is 5.65. The molecule has 4 aromatic rings. The minimum Gasteiger partial charge on any atom is -0.494 e. The van der Waals surface area contributed by atoms with Gasteiger partial charge in [0.05, 0.1) is 17.1 Å². The Bertz CT molecular complexity index is 1280. The van der Waals surface area contributed by atoms with Crippen molar-refractivity contribution in [3.8, 4) is 16.9 Å². The van der Waals surface area contributed by atoms with Gasteiger partial charge in [-0.1, -0.05) is 24.3 Å². The fourth-order valence-electron chi connectivity index (χ4n) is 4.30. The summed E-state index contributed by atoms with van der Waals surface area (Å²) in [6.45, 7) is 0. The molecular formula is C22H17BrF2N4O. The highest BCUT2D eigenvalue weighted by atomic mass is 79.9. The first-order valence-electron chi connectivity index (χ1n) is 9.39. The Hall–Kier alpha value is -3.00. The number of nitrogens with two attached hydrogens (primary N) is 1. The Balaban J connectivity index is 1.76. The zero-order valence-electron chi connectivity index (χ0n) is 16.0. The number of hydrogen-bond acceptors (Lipinski definition) is 4. The van der Waals surface area contributed by atoms with E-state index in [1.807, 2.05) is 12.1 Å². The van der Waals surface area contributed by atoms with Crippen LogP contribution in [0.2, 0.25) is 0 Å². The van der Waals surface area contributed by atoms with Crippen LogP contribution in [0.5, 0.6) is 5.75 Å². The van der Waals surface area contributed by atoms with Crippen LogP contribution in [0.4, 0.5) is 14.6 Å². The second kappa shape index (κ2) is 7.05. The van der Waals surface area contributed by atoms with Crippen molar-refractivity contribution in [2.75, 3.05) is 12.8 Å². The molecule has 2 aromatic carbocycles. The summed E-state index contributed by atoms with van der Waals surface area (Å²) in [5.41, 5.74) is 10.5. The molecule has 0 atom stereocenters. The fourth-order valence-corrected chi connectivity index (χ4v) is 5.18. The Labute approximate surface area is 179 Å². The van der Waals surface area contributed by atoms with E-state index in [0.29, 0.717) is 26.8 Å². The van der Waals surface area contributed by atoms with Gasteiger partial charge in [-0.25, -0.2) is 14.4 Å². The Morgan fingerprint density at radius 2 is 1.83 bits per heavy atom. The van der Waals surface area contributed by atoms with Crippen molar-refractivity contribution >= 4 is 32.8 Å². The van der Waals surface area contributed by atoms with E-state index in [4.69, 9.17) is 10.5 Å². The number of anilines is 1. The molecule has 0 fully saturated rings. The molecule has 8 heteroatoms. The summed E-state index contributed by atoms with van der Waals surface area (Å²) >= 11 is 3.69. The molecule has 0 aliphatic heterocycles. The second-order valence-corrected chi connectivity index (χ2v) is 8.05. The molecule has 1 aliphatic carbocycles. The van der Waals surface area contributed by atoms with E-state index >= 15 is 0 Å². The number of fused-ring (bicyclic) bond motifs is 2. The van der Waals surface area contributed by atoms with Crippen molar-refractivity contribution < 1.29 is 13.5 Å². The molecule has 0 bridgehead atoms. The standard InChI is InChI=1S/C22H17BrF2N4O/c1-30-16-9-13(8-15(24)19(16)25)17-18-21(26)27-10-28-22(18)29(20(17)23)14-6-11-4-2-3-5-12(11)7-14/h2-5,8-10,14H,6-7H2,1H3,(H2,26,27,28). The van der Waals surface area contributed by atoms with Crippen LogP contribution in [0.3, 0.4) is 0 Å². The summed E-state index contributed by atoms with van der Waals surface area (Å²) < 4.78 is 36.1. The molecule has 2 heterocycles. The highest BCUT2D eigenvalue weighted by molar-refractivity contribution is 9.10. The molecule has 0 radical (unpaired) electrons. The molecule has 0 saturated carbocycles. The average molecular weight is 471 g/mol. The van der Waals surface area contributed by atoms with E-state index in [2.05, 4.69) is 42.6 Å². The predicted molar refractivity (Wildman–Crippen MR) is 114 cm³/mol. The zero-order valence-corrected chi connectivity index (χ0v) is 17.6. The molecule has 1 aliphatic rings. The lowest BCUT2D eigenvalue weighted by atomic mass is 10.1. The second-order valence-electron chi connectivity index (χ2n) is 7.30. The van der Waals surface area contributed by atoms with Crippen molar-refractivity contribution in [2.45, 2.75) is 18.9 Å². The highest BCUT2D eigenvalue weighted by Crippen LogP contribution is 2.45. The molecule has 0 amide bonds.